The standard InChI is InChI=1S/C18H22Cl2N2O2/c1-5-24-17(23)10-22-18(11(2)3)16(12(4)21-22)8-13-6-14(19)9-15(20)7-13/h6-7,9,11H,5,8,10H2,1-4H3. The third-order valence-corrected chi connectivity index (χ3v) is 4.17. The fourth-order valence-electron chi connectivity index (χ4n) is 2.87. The lowest BCUT2D eigenvalue weighted by molar-refractivity contribution is -0.144. The summed E-state index contributed by atoms with van der Waals surface area (Å²) in [6.07, 6.45) is 0.669. The van der Waals surface area contributed by atoms with Crippen molar-refractivity contribution in [3.05, 3.63) is 50.8 Å². The molecular weight excluding hydrogens is 347 g/mol. The van der Waals surface area contributed by atoms with Crippen LogP contribution in [0.25, 0.3) is 0 Å². The molecule has 130 valence electrons. The smallest absolute Gasteiger partial charge is 0.327 e. The van der Waals surface area contributed by atoms with Gasteiger partial charge in [0.1, 0.15) is 6.54 Å². The molecule has 0 unspecified atom stereocenters. The minimum absolute atomic E-state index is 0.124. The van der Waals surface area contributed by atoms with E-state index in [1.54, 1.807) is 17.7 Å². The van der Waals surface area contributed by atoms with E-state index < -0.39 is 0 Å². The Morgan fingerprint density at radius 3 is 2.42 bits per heavy atom. The molecule has 6 heteroatoms. The highest BCUT2D eigenvalue weighted by Gasteiger charge is 2.20. The zero-order valence-electron chi connectivity index (χ0n) is 14.4. The summed E-state index contributed by atoms with van der Waals surface area (Å²) in [5.41, 5.74) is 4.07. The molecule has 0 amide bonds. The van der Waals surface area contributed by atoms with Crippen LogP contribution in [0.4, 0.5) is 0 Å². The lowest BCUT2D eigenvalue weighted by Crippen LogP contribution is -2.17. The van der Waals surface area contributed by atoms with Gasteiger partial charge in [-0.25, -0.2) is 0 Å². The van der Waals surface area contributed by atoms with Crippen molar-refractivity contribution in [1.29, 1.82) is 0 Å². The number of carbonyl (C=O) groups excluding carboxylic acids is 1. The Labute approximate surface area is 152 Å². The van der Waals surface area contributed by atoms with Crippen LogP contribution in [-0.4, -0.2) is 22.4 Å². The number of aromatic nitrogens is 2. The van der Waals surface area contributed by atoms with Gasteiger partial charge in [-0.1, -0.05) is 37.0 Å². The lowest BCUT2D eigenvalue weighted by Gasteiger charge is -2.13. The van der Waals surface area contributed by atoms with Crippen LogP contribution in [0.2, 0.25) is 10.0 Å². The summed E-state index contributed by atoms with van der Waals surface area (Å²) >= 11 is 12.2. The number of carbonyl (C=O) groups is 1. The van der Waals surface area contributed by atoms with Crippen molar-refractivity contribution in [3.8, 4) is 0 Å². The molecule has 2 rings (SSSR count). The molecule has 0 saturated carbocycles. The van der Waals surface area contributed by atoms with Crippen molar-refractivity contribution in [2.75, 3.05) is 6.61 Å². The maximum atomic E-state index is 11.8. The molecule has 4 nitrogen and oxygen atoms in total. The van der Waals surface area contributed by atoms with Gasteiger partial charge in [0.15, 0.2) is 0 Å². The fourth-order valence-corrected chi connectivity index (χ4v) is 3.44. The van der Waals surface area contributed by atoms with Gasteiger partial charge < -0.3 is 4.74 Å². The van der Waals surface area contributed by atoms with E-state index in [0.717, 1.165) is 22.5 Å². The summed E-state index contributed by atoms with van der Waals surface area (Å²) in [5.74, 6) is -0.0514. The summed E-state index contributed by atoms with van der Waals surface area (Å²) in [4.78, 5) is 11.8. The Morgan fingerprint density at radius 1 is 1.25 bits per heavy atom. The number of rotatable bonds is 6. The van der Waals surface area contributed by atoms with Gasteiger partial charge in [-0.05, 0) is 43.5 Å². The average Bonchev–Trinajstić information content (AvgIpc) is 2.73. The highest BCUT2D eigenvalue weighted by atomic mass is 35.5. The van der Waals surface area contributed by atoms with E-state index >= 15 is 0 Å². The van der Waals surface area contributed by atoms with E-state index in [1.165, 1.54) is 0 Å². The molecule has 0 saturated heterocycles. The van der Waals surface area contributed by atoms with Gasteiger partial charge in [0.25, 0.3) is 0 Å². The Balaban J connectivity index is 2.38. The van der Waals surface area contributed by atoms with Crippen LogP contribution in [0.15, 0.2) is 18.2 Å². The van der Waals surface area contributed by atoms with Crippen LogP contribution in [0.3, 0.4) is 0 Å². The molecule has 1 aromatic heterocycles. The number of hydrogen-bond donors (Lipinski definition) is 0. The maximum absolute atomic E-state index is 11.8. The second kappa shape index (κ2) is 8.04. The first-order valence-electron chi connectivity index (χ1n) is 7.98. The first-order chi connectivity index (χ1) is 11.3. The molecule has 0 atom stereocenters. The topological polar surface area (TPSA) is 44.1 Å². The van der Waals surface area contributed by atoms with Crippen LogP contribution in [0.1, 0.15) is 49.2 Å². The largest absolute Gasteiger partial charge is 0.465 e. The molecule has 0 N–H and O–H groups in total. The number of benzene rings is 1. The summed E-state index contributed by atoms with van der Waals surface area (Å²) in [6.45, 7) is 8.42. The van der Waals surface area contributed by atoms with Gasteiger partial charge >= 0.3 is 5.97 Å². The zero-order valence-corrected chi connectivity index (χ0v) is 15.9. The summed E-state index contributed by atoms with van der Waals surface area (Å²) < 4.78 is 6.79. The summed E-state index contributed by atoms with van der Waals surface area (Å²) in [7, 11) is 0. The predicted molar refractivity (Wildman–Crippen MR) is 97.0 cm³/mol. The van der Waals surface area contributed by atoms with Gasteiger partial charge in [-0.3, -0.25) is 9.48 Å². The molecule has 1 aromatic carbocycles. The molecule has 0 aliphatic carbocycles. The van der Waals surface area contributed by atoms with E-state index in [1.807, 2.05) is 19.1 Å². The molecule has 0 fully saturated rings. The first kappa shape index (κ1) is 18.8. The third-order valence-electron chi connectivity index (χ3n) is 3.73. The van der Waals surface area contributed by atoms with Crippen molar-refractivity contribution in [1.82, 2.24) is 9.78 Å². The molecule has 24 heavy (non-hydrogen) atoms. The fraction of sp³-hybridized carbons (Fsp3) is 0.444. The molecule has 0 radical (unpaired) electrons. The molecular formula is C18H22Cl2N2O2. The maximum Gasteiger partial charge on any atom is 0.327 e. The number of aryl methyl sites for hydroxylation is 1. The molecule has 0 bridgehead atoms. The second-order valence-corrected chi connectivity index (χ2v) is 6.89. The first-order valence-corrected chi connectivity index (χ1v) is 8.74. The van der Waals surface area contributed by atoms with E-state index in [0.29, 0.717) is 23.1 Å². The van der Waals surface area contributed by atoms with E-state index in [4.69, 9.17) is 27.9 Å². The van der Waals surface area contributed by atoms with Crippen molar-refractivity contribution in [2.24, 2.45) is 0 Å². The number of esters is 1. The highest BCUT2D eigenvalue weighted by Crippen LogP contribution is 2.27. The number of ether oxygens (including phenoxy) is 1. The Morgan fingerprint density at radius 2 is 1.88 bits per heavy atom. The average molecular weight is 369 g/mol. The van der Waals surface area contributed by atoms with Crippen molar-refractivity contribution >= 4 is 29.2 Å². The molecule has 1 heterocycles. The third kappa shape index (κ3) is 4.52. The van der Waals surface area contributed by atoms with Crippen LogP contribution in [-0.2, 0) is 22.5 Å². The van der Waals surface area contributed by atoms with Gasteiger partial charge in [0.2, 0.25) is 0 Å². The Bertz CT molecular complexity index is 719. The Kier molecular flexibility index (Phi) is 6.30. The minimum atomic E-state index is -0.278. The van der Waals surface area contributed by atoms with Crippen molar-refractivity contribution < 1.29 is 9.53 Å². The predicted octanol–water partition coefficient (Wildman–Crippen LogP) is 4.78. The van der Waals surface area contributed by atoms with Crippen molar-refractivity contribution in [2.45, 2.75) is 46.6 Å². The SMILES string of the molecule is CCOC(=O)Cn1nc(C)c(Cc2cc(Cl)cc(Cl)c2)c1C(C)C. The molecule has 2 aromatic rings. The quantitative estimate of drug-likeness (QED) is 0.689. The van der Waals surface area contributed by atoms with Crippen LogP contribution in [0, 0.1) is 6.92 Å². The van der Waals surface area contributed by atoms with E-state index in [2.05, 4.69) is 18.9 Å². The molecule has 0 spiro atoms. The van der Waals surface area contributed by atoms with Gasteiger partial charge in [-0.2, -0.15) is 5.10 Å². The van der Waals surface area contributed by atoms with E-state index in [9.17, 15) is 4.79 Å². The van der Waals surface area contributed by atoms with Gasteiger partial charge in [-0.15, -0.1) is 0 Å². The van der Waals surface area contributed by atoms with Crippen LogP contribution >= 0.6 is 23.2 Å². The van der Waals surface area contributed by atoms with Gasteiger partial charge in [0, 0.05) is 27.7 Å². The summed E-state index contributed by atoms with van der Waals surface area (Å²) in [6, 6.07) is 5.52. The zero-order chi connectivity index (χ0) is 17.9. The number of halogens is 2. The molecule has 0 aliphatic heterocycles. The normalized spacial score (nSPS) is 11.1. The minimum Gasteiger partial charge on any atom is -0.465 e. The monoisotopic (exact) mass is 368 g/mol. The highest BCUT2D eigenvalue weighted by molar-refractivity contribution is 6.34. The Hall–Kier alpha value is -1.52. The lowest BCUT2D eigenvalue weighted by atomic mass is 9.97. The van der Waals surface area contributed by atoms with Crippen LogP contribution in [0.5, 0.6) is 0 Å². The number of hydrogen-bond acceptors (Lipinski definition) is 3. The van der Waals surface area contributed by atoms with E-state index in [-0.39, 0.29) is 18.4 Å². The molecule has 0 aliphatic rings. The van der Waals surface area contributed by atoms with Gasteiger partial charge in [0.05, 0.1) is 12.3 Å². The van der Waals surface area contributed by atoms with Crippen LogP contribution < -0.4 is 0 Å². The van der Waals surface area contributed by atoms with Crippen molar-refractivity contribution in [3.63, 3.8) is 0 Å². The number of nitrogens with zero attached hydrogens (tertiary/aromatic N) is 2. The second-order valence-electron chi connectivity index (χ2n) is 6.02. The summed E-state index contributed by atoms with van der Waals surface area (Å²) in [5, 5.41) is 5.77.